The van der Waals surface area contributed by atoms with E-state index in [1.54, 1.807) is 0 Å². The van der Waals surface area contributed by atoms with Gasteiger partial charge in [0.15, 0.2) is 5.75 Å². The summed E-state index contributed by atoms with van der Waals surface area (Å²) in [6.45, 7) is 4.10. The van der Waals surface area contributed by atoms with Crippen LogP contribution in [-0.2, 0) is 4.33 Å². The van der Waals surface area contributed by atoms with Gasteiger partial charge in [0.05, 0.1) is 0 Å². The summed E-state index contributed by atoms with van der Waals surface area (Å²) in [5.74, 6) is 1.57. The lowest BCUT2D eigenvalue weighted by atomic mass is 10.1. The van der Waals surface area contributed by atoms with Crippen LogP contribution >= 0.6 is 12.0 Å². The van der Waals surface area contributed by atoms with Crippen LogP contribution in [0.5, 0.6) is 5.75 Å². The zero-order valence-electron chi connectivity index (χ0n) is 11.7. The zero-order valence-corrected chi connectivity index (χ0v) is 12.5. The lowest BCUT2D eigenvalue weighted by Crippen LogP contribution is -1.89. The van der Waals surface area contributed by atoms with Gasteiger partial charge < -0.3 is 4.89 Å². The molecule has 0 unspecified atom stereocenters. The Balaban J connectivity index is 1.94. The van der Waals surface area contributed by atoms with Crippen LogP contribution in [-0.4, -0.2) is 5.75 Å². The molecule has 0 radical (unpaired) electrons. The van der Waals surface area contributed by atoms with E-state index in [4.69, 9.17) is 9.22 Å². The molecule has 3 heteroatoms. The van der Waals surface area contributed by atoms with Gasteiger partial charge in [0.25, 0.3) is 0 Å². The van der Waals surface area contributed by atoms with Gasteiger partial charge in [0.1, 0.15) is 0 Å². The maximum Gasteiger partial charge on any atom is 0.166 e. The fraction of sp³-hybridized carbons (Fsp3) is 0.176. The first-order valence-electron chi connectivity index (χ1n) is 6.59. The van der Waals surface area contributed by atoms with Crippen molar-refractivity contribution in [1.82, 2.24) is 0 Å². The second kappa shape index (κ2) is 7.78. The SMILES string of the molecule is CCSOOc1ccc(/C=C/c2ccc(C)cc2)cc1. The summed E-state index contributed by atoms with van der Waals surface area (Å²) >= 11 is 1.28. The van der Waals surface area contributed by atoms with E-state index in [-0.39, 0.29) is 0 Å². The summed E-state index contributed by atoms with van der Waals surface area (Å²) in [5, 5.41) is 0. The number of hydrogen-bond acceptors (Lipinski definition) is 3. The molecule has 0 aliphatic heterocycles. The molecule has 2 aromatic rings. The number of aryl methyl sites for hydroxylation is 1. The second-order valence-corrected chi connectivity index (χ2v) is 5.32. The molecule has 20 heavy (non-hydrogen) atoms. The van der Waals surface area contributed by atoms with Gasteiger partial charge in [-0.15, -0.1) is 4.33 Å². The van der Waals surface area contributed by atoms with Gasteiger partial charge in [-0.1, -0.05) is 61.0 Å². The Kier molecular flexibility index (Phi) is 5.71. The highest BCUT2D eigenvalue weighted by Gasteiger charge is 1.95. The van der Waals surface area contributed by atoms with E-state index in [0.29, 0.717) is 5.75 Å². The molecule has 2 aromatic carbocycles. The molecule has 0 heterocycles. The minimum absolute atomic E-state index is 0.707. The van der Waals surface area contributed by atoms with Gasteiger partial charge in [-0.05, 0) is 30.2 Å². The van der Waals surface area contributed by atoms with E-state index < -0.39 is 0 Å². The van der Waals surface area contributed by atoms with Crippen LogP contribution in [0.3, 0.4) is 0 Å². The van der Waals surface area contributed by atoms with Crippen molar-refractivity contribution >= 4 is 24.2 Å². The van der Waals surface area contributed by atoms with Crippen molar-refractivity contribution in [2.45, 2.75) is 13.8 Å². The summed E-state index contributed by atoms with van der Waals surface area (Å²) in [5.41, 5.74) is 3.59. The second-order valence-electron chi connectivity index (χ2n) is 4.37. The van der Waals surface area contributed by atoms with E-state index in [0.717, 1.165) is 11.3 Å². The summed E-state index contributed by atoms with van der Waals surface area (Å²) in [4.78, 5) is 5.12. The van der Waals surface area contributed by atoms with Gasteiger partial charge in [-0.3, -0.25) is 0 Å². The molecule has 0 aliphatic carbocycles. The highest BCUT2D eigenvalue weighted by molar-refractivity contribution is 7.94. The molecule has 0 saturated carbocycles. The lowest BCUT2D eigenvalue weighted by Gasteiger charge is -2.02. The minimum atomic E-state index is 0.707. The standard InChI is InChI=1S/C17H18O2S/c1-3-20-19-18-17-12-10-16(11-13-17)9-8-15-6-4-14(2)5-7-15/h4-13H,3H2,1-2H3/b9-8+. The molecule has 0 aliphatic rings. The van der Waals surface area contributed by atoms with E-state index >= 15 is 0 Å². The van der Waals surface area contributed by atoms with Crippen LogP contribution in [0, 0.1) is 6.92 Å². The van der Waals surface area contributed by atoms with Crippen LogP contribution in [0.15, 0.2) is 48.5 Å². The first-order chi connectivity index (χ1) is 9.78. The van der Waals surface area contributed by atoms with Crippen molar-refractivity contribution in [3.8, 4) is 5.75 Å². The minimum Gasteiger partial charge on any atom is -0.325 e. The fourth-order valence-electron chi connectivity index (χ4n) is 1.62. The molecule has 2 nitrogen and oxygen atoms in total. The summed E-state index contributed by atoms with van der Waals surface area (Å²) in [6.07, 6.45) is 4.18. The van der Waals surface area contributed by atoms with Crippen LogP contribution < -0.4 is 4.89 Å². The number of rotatable bonds is 6. The average Bonchev–Trinajstić information content (AvgIpc) is 2.48. The molecule has 0 bridgehead atoms. The maximum absolute atomic E-state index is 5.12. The third-order valence-corrected chi connectivity index (χ3v) is 3.12. The Labute approximate surface area is 124 Å². The molecule has 0 aromatic heterocycles. The zero-order chi connectivity index (χ0) is 14.2. The van der Waals surface area contributed by atoms with Gasteiger partial charge in [-0.2, -0.15) is 0 Å². The van der Waals surface area contributed by atoms with Gasteiger partial charge in [0.2, 0.25) is 0 Å². The fourth-order valence-corrected chi connectivity index (χ4v) is 1.84. The molecule has 104 valence electrons. The summed E-state index contributed by atoms with van der Waals surface area (Å²) in [7, 11) is 0. The average molecular weight is 286 g/mol. The van der Waals surface area contributed by atoms with Crippen molar-refractivity contribution in [2.24, 2.45) is 0 Å². The number of hydrogen-bond donors (Lipinski definition) is 0. The first kappa shape index (κ1) is 14.7. The summed E-state index contributed by atoms with van der Waals surface area (Å²) < 4.78 is 4.95. The third-order valence-electron chi connectivity index (χ3n) is 2.72. The van der Waals surface area contributed by atoms with Crippen LogP contribution in [0.1, 0.15) is 23.6 Å². The predicted molar refractivity (Wildman–Crippen MR) is 86.4 cm³/mol. The van der Waals surface area contributed by atoms with Crippen molar-refractivity contribution < 1.29 is 9.22 Å². The van der Waals surface area contributed by atoms with Gasteiger partial charge in [0, 0.05) is 17.8 Å². The number of benzene rings is 2. The van der Waals surface area contributed by atoms with Crippen molar-refractivity contribution in [3.63, 3.8) is 0 Å². The Bertz CT molecular complexity index is 544. The Hall–Kier alpha value is -1.71. The molecule has 2 rings (SSSR count). The van der Waals surface area contributed by atoms with Crippen molar-refractivity contribution in [2.75, 3.05) is 5.75 Å². The van der Waals surface area contributed by atoms with E-state index in [2.05, 4.69) is 43.3 Å². The highest BCUT2D eigenvalue weighted by Crippen LogP contribution is 2.16. The van der Waals surface area contributed by atoms with Crippen molar-refractivity contribution in [3.05, 3.63) is 65.2 Å². The topological polar surface area (TPSA) is 18.5 Å². The first-order valence-corrected chi connectivity index (χ1v) is 7.50. The molecular weight excluding hydrogens is 268 g/mol. The lowest BCUT2D eigenvalue weighted by molar-refractivity contribution is -0.0775. The largest absolute Gasteiger partial charge is 0.325 e. The van der Waals surface area contributed by atoms with Crippen LogP contribution in [0.25, 0.3) is 12.2 Å². The molecular formula is C17H18O2S. The highest BCUT2D eigenvalue weighted by atomic mass is 32.2. The van der Waals surface area contributed by atoms with Crippen LogP contribution in [0.4, 0.5) is 0 Å². The Morgan fingerprint density at radius 2 is 1.45 bits per heavy atom. The molecule has 0 amide bonds. The Morgan fingerprint density at radius 3 is 2.00 bits per heavy atom. The molecule has 0 N–H and O–H groups in total. The Morgan fingerprint density at radius 1 is 0.900 bits per heavy atom. The van der Waals surface area contributed by atoms with E-state index in [9.17, 15) is 0 Å². The quantitative estimate of drug-likeness (QED) is 0.241. The summed E-state index contributed by atoms with van der Waals surface area (Å²) in [6, 6.07) is 16.2. The van der Waals surface area contributed by atoms with Crippen LogP contribution in [0.2, 0.25) is 0 Å². The normalized spacial score (nSPS) is 10.9. The smallest absolute Gasteiger partial charge is 0.166 e. The van der Waals surface area contributed by atoms with Crippen molar-refractivity contribution in [1.29, 1.82) is 0 Å². The molecule has 0 spiro atoms. The molecule has 0 fully saturated rings. The monoisotopic (exact) mass is 286 g/mol. The molecule has 0 saturated heterocycles. The van der Waals surface area contributed by atoms with E-state index in [1.807, 2.05) is 31.2 Å². The van der Waals surface area contributed by atoms with E-state index in [1.165, 1.54) is 23.2 Å². The third kappa shape index (κ3) is 4.76. The molecule has 0 atom stereocenters. The maximum atomic E-state index is 5.12. The predicted octanol–water partition coefficient (Wildman–Crippen LogP) is 5.14. The van der Waals surface area contributed by atoms with Gasteiger partial charge in [-0.25, -0.2) is 0 Å². The van der Waals surface area contributed by atoms with Gasteiger partial charge >= 0.3 is 0 Å².